The van der Waals surface area contributed by atoms with Gasteiger partial charge < -0.3 is 5.32 Å². The second kappa shape index (κ2) is 6.46. The van der Waals surface area contributed by atoms with E-state index in [-0.39, 0.29) is 0 Å². The van der Waals surface area contributed by atoms with Crippen LogP contribution in [0.3, 0.4) is 0 Å². The lowest BCUT2D eigenvalue weighted by Crippen LogP contribution is -1.99. The molecular weight excluding hydrogens is 346 g/mol. The number of nitrogens with one attached hydrogen (secondary N) is 1. The van der Waals surface area contributed by atoms with Crippen LogP contribution in [0.25, 0.3) is 33.2 Å². The summed E-state index contributed by atoms with van der Waals surface area (Å²) in [4.78, 5) is 9.63. The van der Waals surface area contributed by atoms with E-state index in [9.17, 15) is 0 Å². The van der Waals surface area contributed by atoms with Crippen molar-refractivity contribution in [3.05, 3.63) is 78.5 Å². The summed E-state index contributed by atoms with van der Waals surface area (Å²) in [6.45, 7) is 2.08. The third-order valence-corrected chi connectivity index (χ3v) is 4.89. The van der Waals surface area contributed by atoms with Gasteiger partial charge in [-0.1, -0.05) is 35.9 Å². The van der Waals surface area contributed by atoms with E-state index in [1.807, 2.05) is 60.4 Å². The number of nitrogens with zero attached hydrogens (tertiary/aromatic N) is 4. The molecule has 0 saturated heterocycles. The van der Waals surface area contributed by atoms with Crippen molar-refractivity contribution >= 4 is 33.3 Å². The van der Waals surface area contributed by atoms with E-state index in [1.165, 1.54) is 5.56 Å². The van der Waals surface area contributed by atoms with Crippen molar-refractivity contribution in [2.24, 2.45) is 7.05 Å². The van der Waals surface area contributed by atoms with Crippen LogP contribution >= 0.6 is 0 Å². The minimum Gasteiger partial charge on any atom is -0.340 e. The number of anilines is 2. The zero-order chi connectivity index (χ0) is 19.1. The predicted molar refractivity (Wildman–Crippen MR) is 114 cm³/mol. The smallest absolute Gasteiger partial charge is 0.162 e. The Kier molecular flexibility index (Phi) is 3.79. The number of hydrogen-bond donors (Lipinski definition) is 1. The number of aromatic nitrogens is 4. The maximum Gasteiger partial charge on any atom is 0.162 e. The Hall–Kier alpha value is -3.73. The molecule has 0 fully saturated rings. The summed E-state index contributed by atoms with van der Waals surface area (Å²) < 4.78 is 1.87. The van der Waals surface area contributed by atoms with Gasteiger partial charge >= 0.3 is 0 Å². The molecule has 1 N–H and O–H groups in total. The Morgan fingerprint density at radius 3 is 2.68 bits per heavy atom. The van der Waals surface area contributed by atoms with Gasteiger partial charge in [0, 0.05) is 29.1 Å². The summed E-state index contributed by atoms with van der Waals surface area (Å²) in [5.74, 6) is 1.51. The lowest BCUT2D eigenvalue weighted by atomic mass is 10.1. The Balaban J connectivity index is 1.64. The monoisotopic (exact) mass is 365 g/mol. The fourth-order valence-electron chi connectivity index (χ4n) is 3.46. The molecule has 0 amide bonds. The molecular formula is C23H19N5. The van der Waals surface area contributed by atoms with E-state index in [0.717, 1.165) is 38.9 Å². The number of para-hydroxylation sites is 1. The first kappa shape index (κ1) is 16.4. The molecule has 5 heteroatoms. The Labute approximate surface area is 162 Å². The van der Waals surface area contributed by atoms with E-state index in [0.29, 0.717) is 5.82 Å². The van der Waals surface area contributed by atoms with Gasteiger partial charge in [0.2, 0.25) is 0 Å². The van der Waals surface area contributed by atoms with Crippen LogP contribution in [-0.2, 0) is 7.05 Å². The van der Waals surface area contributed by atoms with E-state index < -0.39 is 0 Å². The number of fused-ring (bicyclic) bond motifs is 2. The summed E-state index contributed by atoms with van der Waals surface area (Å²) in [5, 5.41) is 9.88. The maximum absolute atomic E-state index is 4.85. The van der Waals surface area contributed by atoms with Crippen LogP contribution in [0, 0.1) is 6.92 Å². The molecule has 0 saturated carbocycles. The van der Waals surface area contributed by atoms with Crippen LogP contribution in [0.2, 0.25) is 0 Å². The fraction of sp³-hybridized carbons (Fsp3) is 0.0870. The average Bonchev–Trinajstić information content (AvgIpc) is 3.08. The molecule has 0 bridgehead atoms. The zero-order valence-corrected chi connectivity index (χ0v) is 15.7. The van der Waals surface area contributed by atoms with Crippen molar-refractivity contribution in [1.82, 2.24) is 19.7 Å². The Morgan fingerprint density at radius 2 is 1.79 bits per heavy atom. The highest BCUT2D eigenvalue weighted by Gasteiger charge is 2.10. The highest BCUT2D eigenvalue weighted by Crippen LogP contribution is 2.28. The second-order valence-electron chi connectivity index (χ2n) is 6.95. The van der Waals surface area contributed by atoms with Crippen molar-refractivity contribution in [1.29, 1.82) is 0 Å². The summed E-state index contributed by atoms with van der Waals surface area (Å²) in [7, 11) is 1.95. The topological polar surface area (TPSA) is 55.6 Å². The van der Waals surface area contributed by atoms with E-state index >= 15 is 0 Å². The number of benzene rings is 3. The standard InChI is InChI=1S/C23H19N5/c1-15-6-5-7-16(12-15)22-26-20-9-4-3-8-19(20)23(27-22)25-18-10-11-21-17(13-18)14-24-28(21)2/h3-14H,1-2H3,(H,25,26,27). The van der Waals surface area contributed by atoms with Gasteiger partial charge in [-0.3, -0.25) is 4.68 Å². The summed E-state index contributed by atoms with van der Waals surface area (Å²) in [6.07, 6.45) is 1.87. The van der Waals surface area contributed by atoms with Crippen LogP contribution < -0.4 is 5.32 Å². The van der Waals surface area contributed by atoms with Crippen molar-refractivity contribution in [3.63, 3.8) is 0 Å². The molecule has 0 atom stereocenters. The van der Waals surface area contributed by atoms with Gasteiger partial charge in [-0.15, -0.1) is 0 Å². The summed E-state index contributed by atoms with van der Waals surface area (Å²) in [5.41, 5.74) is 5.18. The minimum atomic E-state index is 0.715. The third kappa shape index (κ3) is 2.87. The van der Waals surface area contributed by atoms with Crippen molar-refractivity contribution in [2.75, 3.05) is 5.32 Å². The van der Waals surface area contributed by atoms with Crippen LogP contribution in [0.5, 0.6) is 0 Å². The van der Waals surface area contributed by atoms with E-state index in [2.05, 4.69) is 41.6 Å². The number of hydrogen-bond acceptors (Lipinski definition) is 4. The largest absolute Gasteiger partial charge is 0.340 e. The van der Waals surface area contributed by atoms with Gasteiger partial charge in [0.05, 0.1) is 17.2 Å². The lowest BCUT2D eigenvalue weighted by Gasteiger charge is -2.11. The van der Waals surface area contributed by atoms with E-state index in [4.69, 9.17) is 9.97 Å². The first-order chi connectivity index (χ1) is 13.7. The number of aryl methyl sites for hydroxylation is 2. The van der Waals surface area contributed by atoms with Crippen LogP contribution in [0.4, 0.5) is 11.5 Å². The normalized spacial score (nSPS) is 11.2. The lowest BCUT2D eigenvalue weighted by molar-refractivity contribution is 0.797. The highest BCUT2D eigenvalue weighted by molar-refractivity contribution is 5.93. The molecule has 0 radical (unpaired) electrons. The molecule has 0 spiro atoms. The first-order valence-corrected chi connectivity index (χ1v) is 9.20. The predicted octanol–water partition coefficient (Wildman–Crippen LogP) is 5.24. The van der Waals surface area contributed by atoms with Gasteiger partial charge in [0.25, 0.3) is 0 Å². The molecule has 0 aliphatic carbocycles. The molecule has 5 nitrogen and oxygen atoms in total. The average molecular weight is 365 g/mol. The number of rotatable bonds is 3. The quantitative estimate of drug-likeness (QED) is 0.475. The van der Waals surface area contributed by atoms with Crippen LogP contribution in [0.15, 0.2) is 72.9 Å². The van der Waals surface area contributed by atoms with Gasteiger partial charge in [-0.25, -0.2) is 9.97 Å². The van der Waals surface area contributed by atoms with Crippen LogP contribution in [0.1, 0.15) is 5.56 Å². The van der Waals surface area contributed by atoms with Crippen molar-refractivity contribution in [2.45, 2.75) is 6.92 Å². The summed E-state index contributed by atoms with van der Waals surface area (Å²) in [6, 6.07) is 22.5. The molecule has 28 heavy (non-hydrogen) atoms. The SMILES string of the molecule is Cc1cccc(-c2nc(Nc3ccc4c(cnn4C)c3)c3ccccc3n2)c1. The third-order valence-electron chi connectivity index (χ3n) is 4.89. The molecule has 136 valence electrons. The Bertz CT molecular complexity index is 1320. The maximum atomic E-state index is 4.85. The zero-order valence-electron chi connectivity index (χ0n) is 15.7. The molecule has 5 rings (SSSR count). The fourth-order valence-corrected chi connectivity index (χ4v) is 3.46. The van der Waals surface area contributed by atoms with Crippen molar-refractivity contribution in [3.8, 4) is 11.4 Å². The molecule has 2 heterocycles. The van der Waals surface area contributed by atoms with Crippen molar-refractivity contribution < 1.29 is 0 Å². The highest BCUT2D eigenvalue weighted by atomic mass is 15.2. The molecule has 3 aromatic carbocycles. The summed E-state index contributed by atoms with van der Waals surface area (Å²) >= 11 is 0. The second-order valence-corrected chi connectivity index (χ2v) is 6.95. The van der Waals surface area contributed by atoms with Gasteiger partial charge in [0.1, 0.15) is 5.82 Å². The van der Waals surface area contributed by atoms with Crippen LogP contribution in [-0.4, -0.2) is 19.7 Å². The van der Waals surface area contributed by atoms with Gasteiger partial charge in [-0.05, 0) is 43.3 Å². The first-order valence-electron chi connectivity index (χ1n) is 9.20. The minimum absolute atomic E-state index is 0.715. The van der Waals surface area contributed by atoms with Gasteiger partial charge in [0.15, 0.2) is 5.82 Å². The molecule has 0 unspecified atom stereocenters. The molecule has 5 aromatic rings. The molecule has 0 aliphatic rings. The molecule has 0 aliphatic heterocycles. The van der Waals surface area contributed by atoms with Gasteiger partial charge in [-0.2, -0.15) is 5.10 Å². The Morgan fingerprint density at radius 1 is 0.893 bits per heavy atom. The molecule has 2 aromatic heterocycles. The van der Waals surface area contributed by atoms with E-state index in [1.54, 1.807) is 0 Å².